The van der Waals surface area contributed by atoms with Gasteiger partial charge in [-0.05, 0) is 18.9 Å². The summed E-state index contributed by atoms with van der Waals surface area (Å²) in [5.41, 5.74) is 1.75. The molecule has 1 heterocycles. The maximum absolute atomic E-state index is 11.8. The maximum Gasteiger partial charge on any atom is 0.265 e. The number of carbonyl (C=O) groups excluding carboxylic acids is 1. The summed E-state index contributed by atoms with van der Waals surface area (Å²) in [4.78, 5) is 11.8. The average molecular weight is 231 g/mol. The van der Waals surface area contributed by atoms with Crippen LogP contribution >= 0.6 is 0 Å². The van der Waals surface area contributed by atoms with Crippen LogP contribution in [0.15, 0.2) is 24.3 Å². The van der Waals surface area contributed by atoms with E-state index in [0.717, 1.165) is 17.0 Å². The van der Waals surface area contributed by atoms with Crippen molar-refractivity contribution in [3.8, 4) is 5.75 Å². The van der Waals surface area contributed by atoms with E-state index in [0.29, 0.717) is 0 Å². The predicted octanol–water partition coefficient (Wildman–Crippen LogP) is 3.08. The second-order valence-electron chi connectivity index (χ2n) is 4.50. The van der Waals surface area contributed by atoms with Crippen LogP contribution in [0.1, 0.15) is 26.3 Å². The lowest BCUT2D eigenvalue weighted by atomic mass is 10.0. The Kier molecular flexibility index (Phi) is 3.18. The Morgan fingerprint density at radius 3 is 2.82 bits per heavy atom. The molecule has 0 aliphatic carbocycles. The van der Waals surface area contributed by atoms with Gasteiger partial charge in [-0.15, -0.1) is 0 Å². The van der Waals surface area contributed by atoms with Gasteiger partial charge in [-0.3, -0.25) is 4.79 Å². The Labute approximate surface area is 101 Å². The maximum atomic E-state index is 11.8. The quantitative estimate of drug-likeness (QED) is 0.849. The van der Waals surface area contributed by atoms with Crippen molar-refractivity contribution < 1.29 is 9.53 Å². The molecule has 3 heteroatoms. The standard InChI is InChI=1S/C14H17NO2/c1-4-6-10-7-5-8-11-13(10)17-12(9(2)3)14(16)15-11/h4-9,12H,1-3H3,(H,15,16). The van der Waals surface area contributed by atoms with Crippen molar-refractivity contribution >= 4 is 17.7 Å². The lowest BCUT2D eigenvalue weighted by molar-refractivity contribution is -0.125. The van der Waals surface area contributed by atoms with Crippen LogP contribution in [-0.4, -0.2) is 12.0 Å². The van der Waals surface area contributed by atoms with E-state index in [1.165, 1.54) is 0 Å². The third-order valence-corrected chi connectivity index (χ3v) is 2.76. The molecule has 2 rings (SSSR count). The molecule has 90 valence electrons. The third kappa shape index (κ3) is 2.18. The van der Waals surface area contributed by atoms with E-state index in [9.17, 15) is 4.79 Å². The minimum Gasteiger partial charge on any atom is -0.478 e. The van der Waals surface area contributed by atoms with E-state index >= 15 is 0 Å². The molecule has 1 aromatic rings. The minimum absolute atomic E-state index is 0.0647. The number of nitrogens with one attached hydrogen (secondary N) is 1. The van der Waals surface area contributed by atoms with Crippen LogP contribution in [0.25, 0.3) is 6.08 Å². The molecule has 1 aliphatic heterocycles. The van der Waals surface area contributed by atoms with Crippen molar-refractivity contribution in [2.24, 2.45) is 5.92 Å². The number of hydrogen-bond donors (Lipinski definition) is 1. The number of anilines is 1. The first-order chi connectivity index (χ1) is 8.13. The average Bonchev–Trinajstić information content (AvgIpc) is 2.28. The van der Waals surface area contributed by atoms with Gasteiger partial charge >= 0.3 is 0 Å². The number of amides is 1. The van der Waals surface area contributed by atoms with Gasteiger partial charge in [0, 0.05) is 5.56 Å². The molecule has 1 amide bonds. The van der Waals surface area contributed by atoms with Crippen LogP contribution in [0.2, 0.25) is 0 Å². The highest BCUT2D eigenvalue weighted by molar-refractivity contribution is 5.98. The molecule has 0 bridgehead atoms. The highest BCUT2D eigenvalue weighted by Gasteiger charge is 2.30. The van der Waals surface area contributed by atoms with Gasteiger partial charge < -0.3 is 10.1 Å². The molecule has 1 N–H and O–H groups in total. The lowest BCUT2D eigenvalue weighted by Crippen LogP contribution is -2.40. The highest BCUT2D eigenvalue weighted by Crippen LogP contribution is 2.35. The van der Waals surface area contributed by atoms with Gasteiger partial charge in [-0.1, -0.05) is 38.1 Å². The number of rotatable bonds is 2. The molecule has 3 nitrogen and oxygen atoms in total. The molecule has 1 aromatic carbocycles. The summed E-state index contributed by atoms with van der Waals surface area (Å²) >= 11 is 0. The monoisotopic (exact) mass is 231 g/mol. The fraction of sp³-hybridized carbons (Fsp3) is 0.357. The van der Waals surface area contributed by atoms with E-state index < -0.39 is 6.10 Å². The van der Waals surface area contributed by atoms with Gasteiger partial charge in [0.15, 0.2) is 11.9 Å². The van der Waals surface area contributed by atoms with E-state index in [4.69, 9.17) is 4.74 Å². The third-order valence-electron chi connectivity index (χ3n) is 2.76. The number of hydrogen-bond acceptors (Lipinski definition) is 2. The molecular weight excluding hydrogens is 214 g/mol. The van der Waals surface area contributed by atoms with Crippen molar-refractivity contribution in [1.82, 2.24) is 0 Å². The molecular formula is C14H17NO2. The summed E-state index contributed by atoms with van der Waals surface area (Å²) < 4.78 is 5.83. The first-order valence-corrected chi connectivity index (χ1v) is 5.86. The smallest absolute Gasteiger partial charge is 0.265 e. The number of allylic oxidation sites excluding steroid dienone is 1. The summed E-state index contributed by atoms with van der Waals surface area (Å²) in [6, 6.07) is 5.75. The van der Waals surface area contributed by atoms with E-state index in [1.54, 1.807) is 0 Å². The second kappa shape index (κ2) is 4.62. The van der Waals surface area contributed by atoms with Gasteiger partial charge in [0.2, 0.25) is 0 Å². The fourth-order valence-corrected chi connectivity index (χ4v) is 1.92. The van der Waals surface area contributed by atoms with Crippen molar-refractivity contribution in [3.63, 3.8) is 0 Å². The molecule has 0 spiro atoms. The zero-order chi connectivity index (χ0) is 12.4. The zero-order valence-corrected chi connectivity index (χ0v) is 10.4. The summed E-state index contributed by atoms with van der Waals surface area (Å²) in [6.07, 6.45) is 3.53. The van der Waals surface area contributed by atoms with Crippen molar-refractivity contribution in [1.29, 1.82) is 0 Å². The van der Waals surface area contributed by atoms with E-state index in [2.05, 4.69) is 5.32 Å². The van der Waals surface area contributed by atoms with Gasteiger partial charge in [0.1, 0.15) is 0 Å². The largest absolute Gasteiger partial charge is 0.478 e. The van der Waals surface area contributed by atoms with Crippen LogP contribution in [-0.2, 0) is 4.79 Å². The zero-order valence-electron chi connectivity index (χ0n) is 10.4. The van der Waals surface area contributed by atoms with Crippen molar-refractivity contribution in [2.45, 2.75) is 26.9 Å². The van der Waals surface area contributed by atoms with Crippen LogP contribution in [0.4, 0.5) is 5.69 Å². The number of benzene rings is 1. The van der Waals surface area contributed by atoms with E-state index in [1.807, 2.05) is 51.1 Å². The van der Waals surface area contributed by atoms with Gasteiger partial charge in [0.25, 0.3) is 5.91 Å². The fourth-order valence-electron chi connectivity index (χ4n) is 1.92. The molecule has 1 unspecified atom stereocenters. The number of ether oxygens (including phenoxy) is 1. The molecule has 1 aliphatic rings. The van der Waals surface area contributed by atoms with Crippen LogP contribution in [0, 0.1) is 5.92 Å². The molecule has 1 atom stereocenters. The van der Waals surface area contributed by atoms with Crippen LogP contribution in [0.3, 0.4) is 0 Å². The van der Waals surface area contributed by atoms with Crippen molar-refractivity contribution in [3.05, 3.63) is 29.8 Å². The topological polar surface area (TPSA) is 38.3 Å². The summed E-state index contributed by atoms with van der Waals surface area (Å²) in [6.45, 7) is 5.92. The molecule has 0 aromatic heterocycles. The molecule has 0 radical (unpaired) electrons. The molecule has 17 heavy (non-hydrogen) atoms. The molecule has 0 fully saturated rings. The Bertz CT molecular complexity index is 463. The minimum atomic E-state index is -0.408. The van der Waals surface area contributed by atoms with Gasteiger partial charge in [-0.25, -0.2) is 0 Å². The summed E-state index contributed by atoms with van der Waals surface area (Å²) in [7, 11) is 0. The van der Waals surface area contributed by atoms with Crippen molar-refractivity contribution in [2.75, 3.05) is 5.32 Å². The lowest BCUT2D eigenvalue weighted by Gasteiger charge is -2.29. The Morgan fingerprint density at radius 1 is 1.41 bits per heavy atom. The Balaban J connectivity index is 2.42. The number of carbonyl (C=O) groups is 1. The van der Waals surface area contributed by atoms with E-state index in [-0.39, 0.29) is 11.8 Å². The first-order valence-electron chi connectivity index (χ1n) is 5.86. The molecule has 0 saturated carbocycles. The van der Waals surface area contributed by atoms with Crippen LogP contribution < -0.4 is 10.1 Å². The number of fused-ring (bicyclic) bond motifs is 1. The van der Waals surface area contributed by atoms with Gasteiger partial charge in [0.05, 0.1) is 5.69 Å². The summed E-state index contributed by atoms with van der Waals surface area (Å²) in [5.74, 6) is 0.857. The van der Waals surface area contributed by atoms with Gasteiger partial charge in [-0.2, -0.15) is 0 Å². The first kappa shape index (κ1) is 11.7. The normalized spacial score (nSPS) is 19.1. The van der Waals surface area contributed by atoms with Crippen LogP contribution in [0.5, 0.6) is 5.75 Å². The highest BCUT2D eigenvalue weighted by atomic mass is 16.5. The second-order valence-corrected chi connectivity index (χ2v) is 4.50. The Hall–Kier alpha value is -1.77. The number of para-hydroxylation sites is 1. The summed E-state index contributed by atoms with van der Waals surface area (Å²) in [5, 5.41) is 2.89. The predicted molar refractivity (Wildman–Crippen MR) is 69.0 cm³/mol. The molecule has 0 saturated heterocycles. The SMILES string of the molecule is CC=Cc1cccc2c1OC(C(C)C)C(=O)N2. The Morgan fingerprint density at radius 2 is 2.18 bits per heavy atom.